The largest absolute Gasteiger partial charge is 0.351 e. The van der Waals surface area contributed by atoms with Crippen LogP contribution in [-0.4, -0.2) is 21.9 Å². The van der Waals surface area contributed by atoms with Gasteiger partial charge in [0, 0.05) is 17.7 Å². The monoisotopic (exact) mass is 472 g/mol. The molecule has 5 nitrogen and oxygen atoms in total. The van der Waals surface area contributed by atoms with Gasteiger partial charge in [0.15, 0.2) is 0 Å². The number of aromatic nitrogens is 2. The van der Waals surface area contributed by atoms with Gasteiger partial charge in [-0.15, -0.1) is 0 Å². The van der Waals surface area contributed by atoms with Crippen molar-refractivity contribution in [2.24, 2.45) is 5.92 Å². The molecule has 3 aromatic rings. The first kappa shape index (κ1) is 23.5. The van der Waals surface area contributed by atoms with Crippen LogP contribution in [0, 0.1) is 11.7 Å². The molecule has 0 spiro atoms. The van der Waals surface area contributed by atoms with Gasteiger partial charge >= 0.3 is 0 Å². The van der Waals surface area contributed by atoms with Crippen LogP contribution in [0.4, 0.5) is 10.3 Å². The number of hydrogen-bond donors (Lipinski definition) is 2. The van der Waals surface area contributed by atoms with Crippen molar-refractivity contribution in [3.63, 3.8) is 0 Å². The first-order chi connectivity index (χ1) is 16.9. The van der Waals surface area contributed by atoms with E-state index in [0.717, 1.165) is 42.9 Å². The summed E-state index contributed by atoms with van der Waals surface area (Å²) in [5.41, 5.74) is 3.04. The fraction of sp³-hybridized carbons (Fsp3) is 0.414. The molecule has 1 aromatic heterocycles. The van der Waals surface area contributed by atoms with Gasteiger partial charge in [-0.25, -0.2) is 14.4 Å². The van der Waals surface area contributed by atoms with Crippen molar-refractivity contribution in [3.05, 3.63) is 89.0 Å². The van der Waals surface area contributed by atoms with E-state index >= 15 is 0 Å². The van der Waals surface area contributed by atoms with E-state index in [1.807, 2.05) is 25.1 Å². The second-order valence-electron chi connectivity index (χ2n) is 10.3. The van der Waals surface area contributed by atoms with Crippen LogP contribution < -0.4 is 10.6 Å². The number of nitrogens with one attached hydrogen (secondary N) is 2. The summed E-state index contributed by atoms with van der Waals surface area (Å²) < 4.78 is 13.3. The zero-order chi connectivity index (χ0) is 24.4. The van der Waals surface area contributed by atoms with Crippen molar-refractivity contribution < 1.29 is 9.18 Å². The average Bonchev–Trinajstić information content (AvgIpc) is 3.68. The molecule has 2 aromatic carbocycles. The average molecular weight is 473 g/mol. The summed E-state index contributed by atoms with van der Waals surface area (Å²) in [5, 5.41) is 6.61. The van der Waals surface area contributed by atoms with E-state index in [4.69, 9.17) is 4.98 Å². The molecule has 0 bridgehead atoms. The van der Waals surface area contributed by atoms with Crippen LogP contribution in [0.5, 0.6) is 0 Å². The molecule has 2 fully saturated rings. The molecule has 6 heteroatoms. The molecule has 0 aliphatic heterocycles. The van der Waals surface area contributed by atoms with Crippen molar-refractivity contribution in [1.82, 2.24) is 15.3 Å². The zero-order valence-corrected chi connectivity index (χ0v) is 20.4. The molecule has 182 valence electrons. The van der Waals surface area contributed by atoms with E-state index < -0.39 is 0 Å². The summed E-state index contributed by atoms with van der Waals surface area (Å²) in [6, 6.07) is 16.6. The maximum Gasteiger partial charge on any atom is 0.255 e. The minimum absolute atomic E-state index is 0.211. The van der Waals surface area contributed by atoms with Crippen LogP contribution >= 0.6 is 0 Å². The number of rotatable bonds is 7. The van der Waals surface area contributed by atoms with Gasteiger partial charge in [-0.2, -0.15) is 0 Å². The standard InChI is InChI=1S/C29H33FN4O/c1-19-8-14-24(15-9-19)33-28-31-18-25(27(35)32-20(2)21-10-12-23(30)13-11-21)26(34-28)29(16-17-29)22-6-4-3-5-7-22/h3-7,10-13,18-20,24H,8-9,14-17H2,1-2H3,(H,32,35)(H,31,33,34). The summed E-state index contributed by atoms with van der Waals surface area (Å²) in [6.45, 7) is 4.21. The number of amides is 1. The molecular formula is C29H33FN4O. The summed E-state index contributed by atoms with van der Waals surface area (Å²) in [5.74, 6) is 0.866. The highest BCUT2D eigenvalue weighted by atomic mass is 19.1. The van der Waals surface area contributed by atoms with E-state index in [0.29, 0.717) is 17.6 Å². The lowest BCUT2D eigenvalue weighted by molar-refractivity contribution is 0.0937. The molecule has 35 heavy (non-hydrogen) atoms. The Bertz CT molecular complexity index is 1170. The van der Waals surface area contributed by atoms with Gasteiger partial charge in [-0.1, -0.05) is 49.4 Å². The summed E-state index contributed by atoms with van der Waals surface area (Å²) in [4.78, 5) is 23.0. The van der Waals surface area contributed by atoms with E-state index in [1.165, 1.54) is 30.5 Å². The van der Waals surface area contributed by atoms with Crippen molar-refractivity contribution in [1.29, 1.82) is 0 Å². The Labute approximate surface area is 206 Å². The topological polar surface area (TPSA) is 66.9 Å². The van der Waals surface area contributed by atoms with Gasteiger partial charge < -0.3 is 10.6 Å². The lowest BCUT2D eigenvalue weighted by Gasteiger charge is -2.27. The van der Waals surface area contributed by atoms with Gasteiger partial charge in [0.2, 0.25) is 5.95 Å². The van der Waals surface area contributed by atoms with Crippen molar-refractivity contribution >= 4 is 11.9 Å². The van der Waals surface area contributed by atoms with Gasteiger partial charge in [-0.3, -0.25) is 4.79 Å². The number of carbonyl (C=O) groups excluding carboxylic acids is 1. The third kappa shape index (κ3) is 5.07. The molecule has 5 rings (SSSR count). The Morgan fingerprint density at radius 2 is 1.71 bits per heavy atom. The maximum atomic E-state index is 13.5. The van der Waals surface area contributed by atoms with Crippen LogP contribution in [0.2, 0.25) is 0 Å². The minimum Gasteiger partial charge on any atom is -0.351 e. The molecular weight excluding hydrogens is 439 g/mol. The third-order valence-corrected chi connectivity index (χ3v) is 7.63. The molecule has 1 atom stereocenters. The Hall–Kier alpha value is -3.28. The molecule has 0 radical (unpaired) electrons. The third-order valence-electron chi connectivity index (χ3n) is 7.63. The van der Waals surface area contributed by atoms with E-state index in [-0.39, 0.29) is 23.2 Å². The molecule has 2 saturated carbocycles. The summed E-state index contributed by atoms with van der Waals surface area (Å²) >= 11 is 0. The van der Waals surface area contributed by atoms with Gasteiger partial charge in [0.25, 0.3) is 5.91 Å². The Morgan fingerprint density at radius 1 is 1.03 bits per heavy atom. The quantitative estimate of drug-likeness (QED) is 0.431. The number of carbonyl (C=O) groups is 1. The van der Waals surface area contributed by atoms with Crippen LogP contribution in [0.3, 0.4) is 0 Å². The van der Waals surface area contributed by atoms with E-state index in [9.17, 15) is 9.18 Å². The highest BCUT2D eigenvalue weighted by Gasteiger charge is 2.49. The van der Waals surface area contributed by atoms with Crippen molar-refractivity contribution in [2.75, 3.05) is 5.32 Å². The first-order valence-corrected chi connectivity index (χ1v) is 12.7. The smallest absolute Gasteiger partial charge is 0.255 e. The Kier molecular flexibility index (Phi) is 6.54. The zero-order valence-electron chi connectivity index (χ0n) is 20.4. The van der Waals surface area contributed by atoms with Crippen molar-refractivity contribution in [2.45, 2.75) is 69.9 Å². The molecule has 1 unspecified atom stereocenters. The number of nitrogens with zero attached hydrogens (tertiary/aromatic N) is 2. The van der Waals surface area contributed by atoms with Gasteiger partial charge in [-0.05, 0) is 74.6 Å². The molecule has 1 amide bonds. The number of halogens is 1. The van der Waals surface area contributed by atoms with E-state index in [1.54, 1.807) is 18.3 Å². The van der Waals surface area contributed by atoms with E-state index in [2.05, 4.69) is 34.7 Å². The first-order valence-electron chi connectivity index (χ1n) is 12.7. The molecule has 2 aliphatic rings. The number of hydrogen-bond acceptors (Lipinski definition) is 4. The predicted molar refractivity (Wildman–Crippen MR) is 136 cm³/mol. The fourth-order valence-electron chi connectivity index (χ4n) is 5.22. The number of benzene rings is 2. The van der Waals surface area contributed by atoms with Crippen molar-refractivity contribution in [3.8, 4) is 0 Å². The maximum absolute atomic E-state index is 13.5. The molecule has 0 saturated heterocycles. The SMILES string of the molecule is CC1CCC(Nc2ncc(C(=O)NC(C)c3ccc(F)cc3)c(C3(c4ccccc4)CC3)n2)CC1. The second-order valence-corrected chi connectivity index (χ2v) is 10.3. The summed E-state index contributed by atoms with van der Waals surface area (Å²) in [7, 11) is 0. The molecule has 2 N–H and O–H groups in total. The lowest BCUT2D eigenvalue weighted by atomic mass is 9.87. The normalized spacial score (nSPS) is 21.7. The van der Waals surface area contributed by atoms with Gasteiger partial charge in [0.1, 0.15) is 5.82 Å². The van der Waals surface area contributed by atoms with Crippen LogP contribution in [0.1, 0.15) is 85.6 Å². The lowest BCUT2D eigenvalue weighted by Crippen LogP contribution is -2.31. The highest BCUT2D eigenvalue weighted by molar-refractivity contribution is 5.96. The van der Waals surface area contributed by atoms with Crippen LogP contribution in [0.25, 0.3) is 0 Å². The summed E-state index contributed by atoms with van der Waals surface area (Å²) in [6.07, 6.45) is 8.21. The predicted octanol–water partition coefficient (Wildman–Crippen LogP) is 6.18. The molecule has 2 aliphatic carbocycles. The van der Waals surface area contributed by atoms with Crippen LogP contribution in [0.15, 0.2) is 60.8 Å². The van der Waals surface area contributed by atoms with Gasteiger partial charge in [0.05, 0.1) is 17.3 Å². The molecule has 1 heterocycles. The van der Waals surface area contributed by atoms with Crippen LogP contribution in [-0.2, 0) is 5.41 Å². The number of anilines is 1. The Morgan fingerprint density at radius 3 is 2.37 bits per heavy atom. The highest BCUT2D eigenvalue weighted by Crippen LogP contribution is 2.53. The second kappa shape index (κ2) is 9.76. The fourth-order valence-corrected chi connectivity index (χ4v) is 5.22. The minimum atomic E-state index is -0.294. The Balaban J connectivity index is 1.44.